The molecule has 0 saturated heterocycles. The molecule has 5 nitrogen and oxygen atoms in total. The van der Waals surface area contributed by atoms with E-state index in [0.717, 1.165) is 29.4 Å². The maximum absolute atomic E-state index is 11.7. The number of nitrogens with one attached hydrogen (secondary N) is 1. The molecule has 0 bridgehead atoms. The first-order valence-electron chi connectivity index (χ1n) is 7.42. The van der Waals surface area contributed by atoms with E-state index in [9.17, 15) is 9.90 Å². The number of hydrogen-bond donors (Lipinski definition) is 2. The van der Waals surface area contributed by atoms with Gasteiger partial charge >= 0.3 is 5.97 Å². The van der Waals surface area contributed by atoms with E-state index in [1.165, 1.54) is 0 Å². The second-order valence-corrected chi connectivity index (χ2v) is 6.95. The van der Waals surface area contributed by atoms with Gasteiger partial charge in [0.2, 0.25) is 0 Å². The van der Waals surface area contributed by atoms with Crippen molar-refractivity contribution >= 4 is 17.7 Å². The van der Waals surface area contributed by atoms with Gasteiger partial charge in [-0.25, -0.2) is 9.97 Å². The number of carboxylic acids is 1. The van der Waals surface area contributed by atoms with Crippen LogP contribution >= 0.6 is 11.8 Å². The molecule has 0 aliphatic heterocycles. The molecule has 2 rings (SSSR count). The maximum atomic E-state index is 11.7. The molecule has 21 heavy (non-hydrogen) atoms. The van der Waals surface area contributed by atoms with E-state index in [2.05, 4.69) is 15.3 Å². The lowest BCUT2D eigenvalue weighted by molar-refractivity contribution is -0.146. The number of likely N-dealkylation sites (N-methyl/N-ethyl adjacent to an activating group) is 1. The van der Waals surface area contributed by atoms with Gasteiger partial charge in [-0.3, -0.25) is 4.79 Å². The molecule has 0 radical (unpaired) electrons. The summed E-state index contributed by atoms with van der Waals surface area (Å²) in [4.78, 5) is 20.6. The zero-order valence-electron chi connectivity index (χ0n) is 12.8. The highest BCUT2D eigenvalue weighted by Crippen LogP contribution is 2.37. The SMILES string of the molecule is CCNC1(C(=O)O)CCCC(Sc2nc(C)cc(C)n2)C1. The second-order valence-electron chi connectivity index (χ2n) is 5.69. The number of rotatable bonds is 5. The van der Waals surface area contributed by atoms with E-state index in [-0.39, 0.29) is 5.25 Å². The molecule has 1 aromatic heterocycles. The van der Waals surface area contributed by atoms with Crippen molar-refractivity contribution in [2.24, 2.45) is 0 Å². The van der Waals surface area contributed by atoms with Crippen LogP contribution in [-0.4, -0.2) is 38.4 Å². The summed E-state index contributed by atoms with van der Waals surface area (Å²) < 4.78 is 0. The van der Waals surface area contributed by atoms with Crippen LogP contribution in [-0.2, 0) is 4.79 Å². The molecule has 0 spiro atoms. The number of aromatic nitrogens is 2. The quantitative estimate of drug-likeness (QED) is 0.814. The van der Waals surface area contributed by atoms with E-state index in [1.54, 1.807) is 11.8 Å². The molecule has 0 amide bonds. The van der Waals surface area contributed by atoms with Crippen LogP contribution in [0.2, 0.25) is 0 Å². The summed E-state index contributed by atoms with van der Waals surface area (Å²) in [6.07, 6.45) is 3.25. The van der Waals surface area contributed by atoms with Crippen LogP contribution in [0.1, 0.15) is 44.0 Å². The van der Waals surface area contributed by atoms with Gasteiger partial charge < -0.3 is 10.4 Å². The Labute approximate surface area is 130 Å². The number of aryl methyl sites for hydroxylation is 2. The first-order chi connectivity index (χ1) is 9.95. The number of carboxylic acid groups (broad SMARTS) is 1. The molecule has 2 N–H and O–H groups in total. The van der Waals surface area contributed by atoms with Gasteiger partial charge in [0.05, 0.1) is 0 Å². The van der Waals surface area contributed by atoms with Crippen LogP contribution in [0.4, 0.5) is 0 Å². The Bertz CT molecular complexity index is 499. The molecule has 2 unspecified atom stereocenters. The minimum absolute atomic E-state index is 0.245. The third kappa shape index (κ3) is 3.95. The van der Waals surface area contributed by atoms with Crippen LogP contribution in [0.15, 0.2) is 11.2 Å². The number of hydrogen-bond acceptors (Lipinski definition) is 5. The van der Waals surface area contributed by atoms with E-state index in [1.807, 2.05) is 26.8 Å². The maximum Gasteiger partial charge on any atom is 0.323 e. The Morgan fingerprint density at radius 1 is 1.48 bits per heavy atom. The number of aliphatic carboxylic acids is 1. The summed E-state index contributed by atoms with van der Waals surface area (Å²) in [6.45, 7) is 6.54. The molecular formula is C15H23N3O2S. The number of carbonyl (C=O) groups is 1. The van der Waals surface area contributed by atoms with Gasteiger partial charge in [0, 0.05) is 16.6 Å². The predicted molar refractivity (Wildman–Crippen MR) is 83.7 cm³/mol. The summed E-state index contributed by atoms with van der Waals surface area (Å²) in [5.41, 5.74) is 1.12. The summed E-state index contributed by atoms with van der Waals surface area (Å²) in [7, 11) is 0. The molecule has 1 aromatic rings. The molecule has 1 fully saturated rings. The second kappa shape index (κ2) is 6.75. The lowest BCUT2D eigenvalue weighted by Gasteiger charge is -2.37. The summed E-state index contributed by atoms with van der Waals surface area (Å²) >= 11 is 1.61. The third-order valence-corrected chi connectivity index (χ3v) is 4.99. The monoisotopic (exact) mass is 309 g/mol. The fourth-order valence-corrected chi connectivity index (χ4v) is 4.33. The van der Waals surface area contributed by atoms with Crippen molar-refractivity contribution in [3.8, 4) is 0 Å². The highest BCUT2D eigenvalue weighted by molar-refractivity contribution is 7.99. The van der Waals surface area contributed by atoms with Crippen molar-refractivity contribution in [2.45, 2.75) is 62.4 Å². The van der Waals surface area contributed by atoms with Gasteiger partial charge in [0.1, 0.15) is 5.54 Å². The first kappa shape index (κ1) is 16.2. The fourth-order valence-electron chi connectivity index (χ4n) is 2.99. The Morgan fingerprint density at radius 3 is 2.71 bits per heavy atom. The largest absolute Gasteiger partial charge is 0.480 e. The van der Waals surface area contributed by atoms with Crippen LogP contribution in [0.5, 0.6) is 0 Å². The molecule has 0 aromatic carbocycles. The average Bonchev–Trinajstić information content (AvgIpc) is 2.37. The zero-order chi connectivity index (χ0) is 15.5. The zero-order valence-corrected chi connectivity index (χ0v) is 13.7. The van der Waals surface area contributed by atoms with Crippen molar-refractivity contribution in [1.82, 2.24) is 15.3 Å². The molecular weight excluding hydrogens is 286 g/mol. The van der Waals surface area contributed by atoms with E-state index in [4.69, 9.17) is 0 Å². The van der Waals surface area contributed by atoms with Crippen molar-refractivity contribution in [2.75, 3.05) is 6.54 Å². The van der Waals surface area contributed by atoms with Gasteiger partial charge in [0.15, 0.2) is 5.16 Å². The van der Waals surface area contributed by atoms with Crippen molar-refractivity contribution in [1.29, 1.82) is 0 Å². The van der Waals surface area contributed by atoms with E-state index >= 15 is 0 Å². The van der Waals surface area contributed by atoms with Crippen molar-refractivity contribution < 1.29 is 9.90 Å². The minimum atomic E-state index is -0.788. The summed E-state index contributed by atoms with van der Waals surface area (Å²) in [5, 5.41) is 13.8. The Kier molecular flexibility index (Phi) is 5.22. The lowest BCUT2D eigenvalue weighted by Crippen LogP contribution is -2.55. The number of thioether (sulfide) groups is 1. The van der Waals surface area contributed by atoms with E-state index < -0.39 is 11.5 Å². The summed E-state index contributed by atoms with van der Waals surface area (Å²) in [6, 6.07) is 1.95. The van der Waals surface area contributed by atoms with E-state index in [0.29, 0.717) is 19.4 Å². The van der Waals surface area contributed by atoms with Gasteiger partial charge in [-0.1, -0.05) is 18.7 Å². The third-order valence-electron chi connectivity index (χ3n) is 3.86. The molecule has 1 saturated carbocycles. The van der Waals surface area contributed by atoms with Crippen molar-refractivity contribution in [3.63, 3.8) is 0 Å². The molecule has 1 aliphatic carbocycles. The van der Waals surface area contributed by atoms with Crippen LogP contribution in [0.25, 0.3) is 0 Å². The van der Waals surface area contributed by atoms with Crippen molar-refractivity contribution in [3.05, 3.63) is 17.5 Å². The summed E-state index contributed by atoms with van der Waals surface area (Å²) in [5.74, 6) is -0.740. The van der Waals surface area contributed by atoms with Crippen LogP contribution < -0.4 is 5.32 Å². The molecule has 1 heterocycles. The van der Waals surface area contributed by atoms with Gasteiger partial charge in [-0.05, 0) is 52.1 Å². The Balaban J connectivity index is 2.11. The van der Waals surface area contributed by atoms with Gasteiger partial charge in [0.25, 0.3) is 0 Å². The first-order valence-corrected chi connectivity index (χ1v) is 8.30. The van der Waals surface area contributed by atoms with Crippen LogP contribution in [0.3, 0.4) is 0 Å². The molecule has 1 aliphatic rings. The van der Waals surface area contributed by atoms with Gasteiger partial charge in [-0.2, -0.15) is 0 Å². The van der Waals surface area contributed by atoms with Crippen LogP contribution in [0, 0.1) is 13.8 Å². The molecule has 6 heteroatoms. The fraction of sp³-hybridized carbons (Fsp3) is 0.667. The highest BCUT2D eigenvalue weighted by Gasteiger charge is 2.42. The molecule has 116 valence electrons. The highest BCUT2D eigenvalue weighted by atomic mass is 32.2. The Morgan fingerprint density at radius 2 is 2.14 bits per heavy atom. The number of nitrogens with zero attached hydrogens (tertiary/aromatic N) is 2. The predicted octanol–water partition coefficient (Wildman–Crippen LogP) is 2.56. The smallest absolute Gasteiger partial charge is 0.323 e. The standard InChI is InChI=1S/C15H23N3O2S/c1-4-16-15(13(19)20)7-5-6-12(9-15)21-14-17-10(2)8-11(3)18-14/h8,12,16H,4-7,9H2,1-3H3,(H,19,20). The lowest BCUT2D eigenvalue weighted by atomic mass is 9.81. The normalized spacial score (nSPS) is 25.8. The average molecular weight is 309 g/mol. The minimum Gasteiger partial charge on any atom is -0.480 e. The topological polar surface area (TPSA) is 75.1 Å². The Hall–Kier alpha value is -1.14. The van der Waals surface area contributed by atoms with Gasteiger partial charge in [-0.15, -0.1) is 0 Å². The molecule has 2 atom stereocenters.